The number of carbonyl (C=O) groups excluding carboxylic acids is 1. The first-order chi connectivity index (χ1) is 12.6. The molecule has 7 heteroatoms. The lowest BCUT2D eigenvalue weighted by Gasteiger charge is -2.14. The van der Waals surface area contributed by atoms with Crippen molar-refractivity contribution < 1.29 is 9.53 Å². The first-order valence-corrected chi connectivity index (χ1v) is 8.32. The smallest absolute Gasteiger partial charge is 0.251 e. The molecular weight excluding hydrogens is 330 g/mol. The molecule has 1 amide bonds. The average Bonchev–Trinajstić information content (AvgIpc) is 3.14. The van der Waals surface area contributed by atoms with Gasteiger partial charge < -0.3 is 10.1 Å². The van der Waals surface area contributed by atoms with Crippen molar-refractivity contribution in [2.24, 2.45) is 0 Å². The number of hydrogen-bond acceptors (Lipinski definition) is 5. The second kappa shape index (κ2) is 7.77. The molecule has 0 bridgehead atoms. The Morgan fingerprint density at radius 3 is 2.88 bits per heavy atom. The lowest BCUT2D eigenvalue weighted by atomic mass is 10.1. The summed E-state index contributed by atoms with van der Waals surface area (Å²) in [6.45, 7) is 4.40. The number of nitrogens with zero attached hydrogens (tertiary/aromatic N) is 4. The molecule has 0 aliphatic heterocycles. The second-order valence-electron chi connectivity index (χ2n) is 6.08. The van der Waals surface area contributed by atoms with Gasteiger partial charge in [-0.2, -0.15) is 5.10 Å². The standard InChI is InChI=1S/C19H21N5O2/c1-13-7-8-17(26-3)18(22-13)15-5-4-6-16(9-15)19(25)23-14(2)10-24-12-20-11-21-24/h4-9,11-12,14H,10H2,1-3H3,(H,23,25). The van der Waals surface area contributed by atoms with Gasteiger partial charge in [0.25, 0.3) is 5.91 Å². The van der Waals surface area contributed by atoms with E-state index in [1.54, 1.807) is 24.2 Å². The molecule has 0 aliphatic carbocycles. The summed E-state index contributed by atoms with van der Waals surface area (Å²) in [7, 11) is 1.61. The number of pyridine rings is 1. The SMILES string of the molecule is COc1ccc(C)nc1-c1cccc(C(=O)NC(C)Cn2cncn2)c1. The third-order valence-corrected chi connectivity index (χ3v) is 3.92. The van der Waals surface area contributed by atoms with Gasteiger partial charge in [-0.05, 0) is 38.1 Å². The lowest BCUT2D eigenvalue weighted by Crippen LogP contribution is -2.35. The van der Waals surface area contributed by atoms with E-state index in [2.05, 4.69) is 20.4 Å². The quantitative estimate of drug-likeness (QED) is 0.738. The summed E-state index contributed by atoms with van der Waals surface area (Å²) in [5.41, 5.74) is 3.01. The highest BCUT2D eigenvalue weighted by Gasteiger charge is 2.14. The molecule has 0 saturated carbocycles. The highest BCUT2D eigenvalue weighted by atomic mass is 16.5. The molecule has 2 aromatic heterocycles. The van der Waals surface area contributed by atoms with E-state index in [0.29, 0.717) is 17.9 Å². The van der Waals surface area contributed by atoms with Crippen molar-refractivity contribution in [3.8, 4) is 17.0 Å². The van der Waals surface area contributed by atoms with Crippen molar-refractivity contribution >= 4 is 5.91 Å². The van der Waals surface area contributed by atoms with E-state index in [1.165, 1.54) is 6.33 Å². The minimum atomic E-state index is -0.147. The largest absolute Gasteiger partial charge is 0.494 e. The summed E-state index contributed by atoms with van der Waals surface area (Å²) in [6.07, 6.45) is 3.10. The summed E-state index contributed by atoms with van der Waals surface area (Å²) >= 11 is 0. The average molecular weight is 351 g/mol. The van der Waals surface area contributed by atoms with Crippen LogP contribution in [-0.4, -0.2) is 38.8 Å². The summed E-state index contributed by atoms with van der Waals surface area (Å²) < 4.78 is 7.08. The maximum atomic E-state index is 12.6. The lowest BCUT2D eigenvalue weighted by molar-refractivity contribution is 0.0936. The molecule has 0 fully saturated rings. The number of amides is 1. The molecular formula is C19H21N5O2. The van der Waals surface area contributed by atoms with Crippen molar-refractivity contribution in [2.45, 2.75) is 26.4 Å². The van der Waals surface area contributed by atoms with E-state index in [1.807, 2.05) is 44.2 Å². The number of aromatic nitrogens is 4. The first kappa shape index (κ1) is 17.6. The zero-order valence-electron chi connectivity index (χ0n) is 15.0. The highest BCUT2D eigenvalue weighted by molar-refractivity contribution is 5.95. The van der Waals surface area contributed by atoms with Crippen molar-refractivity contribution in [3.05, 3.63) is 60.3 Å². The molecule has 2 heterocycles. The van der Waals surface area contributed by atoms with E-state index < -0.39 is 0 Å². The number of nitrogens with one attached hydrogen (secondary N) is 1. The van der Waals surface area contributed by atoms with Crippen LogP contribution in [0.15, 0.2) is 49.1 Å². The number of carbonyl (C=O) groups is 1. The molecule has 0 aliphatic rings. The fraction of sp³-hybridized carbons (Fsp3) is 0.263. The molecule has 1 unspecified atom stereocenters. The van der Waals surface area contributed by atoms with Gasteiger partial charge in [-0.15, -0.1) is 0 Å². The van der Waals surface area contributed by atoms with Gasteiger partial charge in [-0.25, -0.2) is 9.97 Å². The fourth-order valence-electron chi connectivity index (χ4n) is 2.68. The normalized spacial score (nSPS) is 11.8. The van der Waals surface area contributed by atoms with Crippen molar-refractivity contribution in [1.29, 1.82) is 0 Å². The third kappa shape index (κ3) is 4.05. The maximum Gasteiger partial charge on any atom is 0.251 e. The van der Waals surface area contributed by atoms with E-state index in [0.717, 1.165) is 17.0 Å². The summed E-state index contributed by atoms with van der Waals surface area (Å²) in [4.78, 5) is 21.0. The predicted octanol–water partition coefficient (Wildman–Crippen LogP) is 2.48. The van der Waals surface area contributed by atoms with Crippen LogP contribution in [0.3, 0.4) is 0 Å². The Hall–Kier alpha value is -3.22. The first-order valence-electron chi connectivity index (χ1n) is 8.32. The van der Waals surface area contributed by atoms with E-state index in [4.69, 9.17) is 4.74 Å². The number of rotatable bonds is 6. The van der Waals surface area contributed by atoms with Gasteiger partial charge in [-0.1, -0.05) is 12.1 Å². The third-order valence-electron chi connectivity index (χ3n) is 3.92. The van der Waals surface area contributed by atoms with Crippen LogP contribution in [0.4, 0.5) is 0 Å². The van der Waals surface area contributed by atoms with Crippen LogP contribution in [0.1, 0.15) is 23.0 Å². The Kier molecular flexibility index (Phi) is 5.26. The van der Waals surface area contributed by atoms with Crippen molar-refractivity contribution in [2.75, 3.05) is 7.11 Å². The van der Waals surface area contributed by atoms with Crippen LogP contribution >= 0.6 is 0 Å². The van der Waals surface area contributed by atoms with Crippen molar-refractivity contribution in [3.63, 3.8) is 0 Å². The molecule has 3 aromatic rings. The van der Waals surface area contributed by atoms with Gasteiger partial charge in [0.15, 0.2) is 0 Å². The topological polar surface area (TPSA) is 81.9 Å². The molecule has 1 atom stereocenters. The number of hydrogen-bond donors (Lipinski definition) is 1. The van der Waals surface area contributed by atoms with Gasteiger partial charge in [0, 0.05) is 22.9 Å². The number of ether oxygens (including phenoxy) is 1. The minimum Gasteiger partial charge on any atom is -0.494 e. The molecule has 26 heavy (non-hydrogen) atoms. The minimum absolute atomic E-state index is 0.0838. The molecule has 3 rings (SSSR count). The fourth-order valence-corrected chi connectivity index (χ4v) is 2.68. The predicted molar refractivity (Wildman–Crippen MR) is 97.9 cm³/mol. The molecule has 1 N–H and O–H groups in total. The second-order valence-corrected chi connectivity index (χ2v) is 6.08. The maximum absolute atomic E-state index is 12.6. The number of benzene rings is 1. The number of aryl methyl sites for hydroxylation is 1. The molecule has 0 saturated heterocycles. The zero-order valence-corrected chi connectivity index (χ0v) is 15.0. The van der Waals surface area contributed by atoms with Crippen LogP contribution in [0.25, 0.3) is 11.3 Å². The summed E-state index contributed by atoms with van der Waals surface area (Å²) in [5.74, 6) is 0.527. The van der Waals surface area contributed by atoms with Crippen LogP contribution in [0.2, 0.25) is 0 Å². The van der Waals surface area contributed by atoms with Gasteiger partial charge in [0.1, 0.15) is 24.1 Å². The van der Waals surface area contributed by atoms with Crippen molar-refractivity contribution in [1.82, 2.24) is 25.1 Å². The molecule has 134 valence electrons. The Balaban J connectivity index is 1.78. The number of methoxy groups -OCH3 is 1. The Morgan fingerprint density at radius 1 is 1.31 bits per heavy atom. The van der Waals surface area contributed by atoms with Crippen LogP contribution < -0.4 is 10.1 Å². The molecule has 0 spiro atoms. The monoisotopic (exact) mass is 351 g/mol. The highest BCUT2D eigenvalue weighted by Crippen LogP contribution is 2.28. The molecule has 0 radical (unpaired) electrons. The Morgan fingerprint density at radius 2 is 2.15 bits per heavy atom. The van der Waals surface area contributed by atoms with E-state index in [9.17, 15) is 4.79 Å². The van der Waals surface area contributed by atoms with Gasteiger partial charge in [-0.3, -0.25) is 9.48 Å². The van der Waals surface area contributed by atoms with Crippen LogP contribution in [0.5, 0.6) is 5.75 Å². The van der Waals surface area contributed by atoms with E-state index >= 15 is 0 Å². The Bertz CT molecular complexity index is 893. The Labute approximate surface area is 152 Å². The van der Waals surface area contributed by atoms with E-state index in [-0.39, 0.29) is 11.9 Å². The van der Waals surface area contributed by atoms with Gasteiger partial charge in [0.05, 0.1) is 13.7 Å². The van der Waals surface area contributed by atoms with Crippen LogP contribution in [-0.2, 0) is 6.54 Å². The molecule has 7 nitrogen and oxygen atoms in total. The zero-order chi connectivity index (χ0) is 18.5. The van der Waals surface area contributed by atoms with Crippen LogP contribution in [0, 0.1) is 6.92 Å². The molecule has 1 aromatic carbocycles. The van der Waals surface area contributed by atoms with Gasteiger partial charge in [0.2, 0.25) is 0 Å². The summed E-state index contributed by atoms with van der Waals surface area (Å²) in [6, 6.07) is 11.1. The summed E-state index contributed by atoms with van der Waals surface area (Å²) in [5, 5.41) is 7.02. The van der Waals surface area contributed by atoms with Gasteiger partial charge >= 0.3 is 0 Å².